The van der Waals surface area contributed by atoms with Crippen LogP contribution in [-0.4, -0.2) is 17.1 Å². The molecule has 1 aliphatic rings. The Labute approximate surface area is 121 Å². The number of benzene rings is 1. The highest BCUT2D eigenvalue weighted by Crippen LogP contribution is 2.32. The third kappa shape index (κ3) is 3.53. The van der Waals surface area contributed by atoms with Crippen molar-refractivity contribution in [3.63, 3.8) is 0 Å². The number of anilines is 1. The maximum absolute atomic E-state index is 11.2. The summed E-state index contributed by atoms with van der Waals surface area (Å²) in [5.41, 5.74) is 2.53. The summed E-state index contributed by atoms with van der Waals surface area (Å²) >= 11 is 0. The average Bonchev–Trinajstić information content (AvgIpc) is 2.38. The summed E-state index contributed by atoms with van der Waals surface area (Å²) in [5.74, 6) is -0.844. The van der Waals surface area contributed by atoms with Crippen molar-refractivity contribution in [2.24, 2.45) is 5.92 Å². The van der Waals surface area contributed by atoms with Gasteiger partial charge in [0.25, 0.3) is 0 Å². The van der Waals surface area contributed by atoms with Gasteiger partial charge < -0.3 is 10.4 Å². The molecule has 2 N–H and O–H groups in total. The number of nitrogens with one attached hydrogen (secondary N) is 1. The Bertz CT molecular complexity index is 476. The molecule has 2 atom stereocenters. The molecule has 0 bridgehead atoms. The topological polar surface area (TPSA) is 49.3 Å². The molecule has 0 aliphatic heterocycles. The number of hydrogen-bond donors (Lipinski definition) is 2. The lowest BCUT2D eigenvalue weighted by atomic mass is 9.83. The lowest BCUT2D eigenvalue weighted by molar-refractivity contribution is -0.142. The Kier molecular flexibility index (Phi) is 4.36. The third-order valence-electron chi connectivity index (χ3n) is 4.12. The summed E-state index contributed by atoms with van der Waals surface area (Å²) in [6, 6.07) is 8.63. The van der Waals surface area contributed by atoms with Gasteiger partial charge >= 0.3 is 5.97 Å². The van der Waals surface area contributed by atoms with Gasteiger partial charge in [0.1, 0.15) is 0 Å². The smallest absolute Gasteiger partial charge is 0.306 e. The van der Waals surface area contributed by atoms with Crippen molar-refractivity contribution in [1.29, 1.82) is 0 Å². The van der Waals surface area contributed by atoms with E-state index in [2.05, 4.69) is 44.3 Å². The fourth-order valence-corrected chi connectivity index (χ4v) is 3.03. The van der Waals surface area contributed by atoms with Crippen LogP contribution in [0.1, 0.15) is 52.0 Å². The van der Waals surface area contributed by atoms with Crippen LogP contribution in [0.2, 0.25) is 0 Å². The zero-order valence-corrected chi connectivity index (χ0v) is 12.6. The van der Waals surface area contributed by atoms with Crippen LogP contribution in [-0.2, 0) is 10.2 Å². The maximum Gasteiger partial charge on any atom is 0.306 e. The Hall–Kier alpha value is -1.51. The van der Waals surface area contributed by atoms with E-state index in [-0.39, 0.29) is 17.4 Å². The van der Waals surface area contributed by atoms with E-state index in [9.17, 15) is 9.90 Å². The summed E-state index contributed by atoms with van der Waals surface area (Å²) in [4.78, 5) is 11.2. The molecule has 0 spiro atoms. The van der Waals surface area contributed by atoms with E-state index in [1.54, 1.807) is 0 Å². The summed E-state index contributed by atoms with van der Waals surface area (Å²) in [7, 11) is 0. The number of carboxylic acid groups (broad SMARTS) is 1. The van der Waals surface area contributed by atoms with Crippen molar-refractivity contribution < 1.29 is 9.90 Å². The highest BCUT2D eigenvalue weighted by molar-refractivity contribution is 5.70. The Morgan fingerprint density at radius 2 is 1.95 bits per heavy atom. The molecule has 1 saturated carbocycles. The number of aliphatic carboxylic acids is 1. The minimum absolute atomic E-state index is 0.0878. The van der Waals surface area contributed by atoms with Gasteiger partial charge in [0.05, 0.1) is 5.92 Å². The van der Waals surface area contributed by atoms with Crippen LogP contribution in [0.3, 0.4) is 0 Å². The van der Waals surface area contributed by atoms with Gasteiger partial charge in [0, 0.05) is 11.7 Å². The number of rotatable bonds is 3. The van der Waals surface area contributed by atoms with Gasteiger partial charge in [0.15, 0.2) is 0 Å². The van der Waals surface area contributed by atoms with Gasteiger partial charge in [-0.2, -0.15) is 0 Å². The van der Waals surface area contributed by atoms with E-state index in [1.165, 1.54) is 5.56 Å². The Balaban J connectivity index is 2.12. The lowest BCUT2D eigenvalue weighted by Gasteiger charge is -2.31. The molecular weight excluding hydrogens is 250 g/mol. The highest BCUT2D eigenvalue weighted by Gasteiger charge is 2.27. The zero-order chi connectivity index (χ0) is 14.8. The molecule has 110 valence electrons. The standard InChI is InChI=1S/C17H25NO2/c1-17(2,3)14-9-4-5-10-15(14)18-13-8-6-7-12(11-13)16(19)20/h4-5,9-10,12-13,18H,6-8,11H2,1-3H3,(H,19,20). The molecule has 0 aromatic heterocycles. The molecule has 20 heavy (non-hydrogen) atoms. The van der Waals surface area contributed by atoms with Gasteiger partial charge in [-0.3, -0.25) is 4.79 Å². The number of carboxylic acids is 1. The quantitative estimate of drug-likeness (QED) is 0.875. The van der Waals surface area contributed by atoms with Gasteiger partial charge in [-0.25, -0.2) is 0 Å². The van der Waals surface area contributed by atoms with Crippen LogP contribution in [0.5, 0.6) is 0 Å². The second-order valence-electron chi connectivity index (χ2n) is 6.84. The molecule has 0 radical (unpaired) electrons. The number of hydrogen-bond acceptors (Lipinski definition) is 2. The van der Waals surface area contributed by atoms with Crippen LogP contribution in [0, 0.1) is 5.92 Å². The number of para-hydroxylation sites is 1. The van der Waals surface area contributed by atoms with Crippen molar-refractivity contribution >= 4 is 11.7 Å². The van der Waals surface area contributed by atoms with Crippen LogP contribution >= 0.6 is 0 Å². The SMILES string of the molecule is CC(C)(C)c1ccccc1NC1CCCC(C(=O)O)C1. The molecule has 0 amide bonds. The summed E-state index contributed by atoms with van der Waals surface area (Å²) in [5, 5.41) is 12.8. The molecule has 0 saturated heterocycles. The highest BCUT2D eigenvalue weighted by atomic mass is 16.4. The summed E-state index contributed by atoms with van der Waals surface area (Å²) in [6.45, 7) is 6.61. The van der Waals surface area contributed by atoms with Gasteiger partial charge in [-0.15, -0.1) is 0 Å². The maximum atomic E-state index is 11.2. The minimum Gasteiger partial charge on any atom is -0.481 e. The minimum atomic E-state index is -0.652. The van der Waals surface area contributed by atoms with Crippen molar-refractivity contribution in [1.82, 2.24) is 0 Å². The largest absolute Gasteiger partial charge is 0.481 e. The normalized spacial score (nSPS) is 23.4. The first-order valence-electron chi connectivity index (χ1n) is 7.47. The Morgan fingerprint density at radius 1 is 1.25 bits per heavy atom. The van der Waals surface area contributed by atoms with E-state index in [4.69, 9.17) is 0 Å². The van der Waals surface area contributed by atoms with E-state index >= 15 is 0 Å². The molecule has 1 aromatic rings. The van der Waals surface area contributed by atoms with Crippen molar-refractivity contribution in [2.45, 2.75) is 57.9 Å². The number of carbonyl (C=O) groups is 1. The van der Waals surface area contributed by atoms with Crippen LogP contribution < -0.4 is 5.32 Å². The lowest BCUT2D eigenvalue weighted by Crippen LogP contribution is -2.31. The second kappa shape index (κ2) is 5.86. The Morgan fingerprint density at radius 3 is 2.60 bits per heavy atom. The van der Waals surface area contributed by atoms with Gasteiger partial charge in [-0.05, 0) is 36.3 Å². The zero-order valence-electron chi connectivity index (χ0n) is 12.6. The van der Waals surface area contributed by atoms with E-state index < -0.39 is 5.97 Å². The van der Waals surface area contributed by atoms with Crippen molar-refractivity contribution in [3.05, 3.63) is 29.8 Å². The molecule has 1 aliphatic carbocycles. The average molecular weight is 275 g/mol. The first kappa shape index (κ1) is 14.9. The fraction of sp³-hybridized carbons (Fsp3) is 0.588. The fourth-order valence-electron chi connectivity index (χ4n) is 3.03. The first-order valence-corrected chi connectivity index (χ1v) is 7.47. The van der Waals surface area contributed by atoms with Crippen molar-refractivity contribution in [3.8, 4) is 0 Å². The van der Waals surface area contributed by atoms with Crippen LogP contribution in [0.4, 0.5) is 5.69 Å². The van der Waals surface area contributed by atoms with E-state index in [0.717, 1.165) is 31.4 Å². The molecular formula is C17H25NO2. The molecule has 1 aromatic carbocycles. The van der Waals surface area contributed by atoms with Crippen molar-refractivity contribution in [2.75, 3.05) is 5.32 Å². The molecule has 2 unspecified atom stereocenters. The van der Waals surface area contributed by atoms with Crippen LogP contribution in [0.25, 0.3) is 0 Å². The van der Waals surface area contributed by atoms with Gasteiger partial charge in [0.2, 0.25) is 0 Å². The summed E-state index contributed by atoms with van der Waals surface area (Å²) < 4.78 is 0. The summed E-state index contributed by atoms with van der Waals surface area (Å²) in [6.07, 6.45) is 3.59. The molecule has 3 heteroatoms. The van der Waals surface area contributed by atoms with Gasteiger partial charge in [-0.1, -0.05) is 45.4 Å². The predicted molar refractivity (Wildman–Crippen MR) is 82.1 cm³/mol. The second-order valence-corrected chi connectivity index (χ2v) is 6.84. The monoisotopic (exact) mass is 275 g/mol. The molecule has 0 heterocycles. The van der Waals surface area contributed by atoms with E-state index in [0.29, 0.717) is 0 Å². The molecule has 3 nitrogen and oxygen atoms in total. The first-order chi connectivity index (χ1) is 9.38. The van der Waals surface area contributed by atoms with E-state index in [1.807, 2.05) is 6.07 Å². The van der Waals surface area contributed by atoms with Crippen LogP contribution in [0.15, 0.2) is 24.3 Å². The molecule has 1 fully saturated rings. The predicted octanol–water partition coefficient (Wildman–Crippen LogP) is 4.04. The molecule has 2 rings (SSSR count). The third-order valence-corrected chi connectivity index (χ3v) is 4.12.